The van der Waals surface area contributed by atoms with E-state index in [1.807, 2.05) is 0 Å². The number of hydrogen-bond donors (Lipinski definition) is 2. The van der Waals surface area contributed by atoms with Gasteiger partial charge in [-0.1, -0.05) is 5.16 Å². The number of nitrogens with one attached hydrogen (secondary N) is 1. The van der Waals surface area contributed by atoms with Crippen molar-refractivity contribution >= 4 is 11.7 Å². The Bertz CT molecular complexity index is 391. The Morgan fingerprint density at radius 1 is 1.76 bits per heavy atom. The number of carbonyl (C=O) groups excluding carboxylic acids is 1. The zero-order chi connectivity index (χ0) is 12.3. The molecule has 2 rings (SSSR count). The molecule has 2 heterocycles. The van der Waals surface area contributed by atoms with Crippen LogP contribution in [-0.2, 0) is 4.79 Å². The van der Waals surface area contributed by atoms with Crippen molar-refractivity contribution in [1.29, 1.82) is 0 Å². The number of amides is 1. The Hall–Kier alpha value is -1.40. The highest BCUT2D eigenvalue weighted by atomic mass is 16.5. The molecule has 17 heavy (non-hydrogen) atoms. The minimum absolute atomic E-state index is 0.0836. The van der Waals surface area contributed by atoms with E-state index < -0.39 is 0 Å². The molecule has 0 aromatic carbocycles. The fourth-order valence-electron chi connectivity index (χ4n) is 1.91. The van der Waals surface area contributed by atoms with E-state index in [0.29, 0.717) is 31.1 Å². The molecule has 6 heteroatoms. The van der Waals surface area contributed by atoms with E-state index in [2.05, 4.69) is 15.4 Å². The van der Waals surface area contributed by atoms with Gasteiger partial charge in [-0.25, -0.2) is 0 Å². The number of hydrogen-bond acceptors (Lipinski definition) is 5. The van der Waals surface area contributed by atoms with Crippen LogP contribution in [0.25, 0.3) is 0 Å². The molecule has 0 aliphatic carbocycles. The third kappa shape index (κ3) is 3.54. The molecule has 1 atom stereocenters. The molecule has 0 bridgehead atoms. The second-order valence-electron chi connectivity index (χ2n) is 4.36. The average Bonchev–Trinajstić information content (AvgIpc) is 2.85. The minimum atomic E-state index is -0.240. The van der Waals surface area contributed by atoms with Crippen LogP contribution >= 0.6 is 0 Å². The van der Waals surface area contributed by atoms with E-state index in [1.54, 1.807) is 13.0 Å². The first-order chi connectivity index (χ1) is 8.13. The highest BCUT2D eigenvalue weighted by molar-refractivity contribution is 5.89. The first-order valence-corrected chi connectivity index (χ1v) is 5.77. The van der Waals surface area contributed by atoms with E-state index in [9.17, 15) is 9.90 Å². The number of rotatable bonds is 4. The normalized spacial score (nSPS) is 20.7. The number of β-amino-alcohol motifs (C(OH)–C–C–N with tert-alkyl or cyclic N) is 1. The molecule has 1 aliphatic heterocycles. The smallest absolute Gasteiger partial charge is 0.226 e. The van der Waals surface area contributed by atoms with Crippen molar-refractivity contribution in [1.82, 2.24) is 10.1 Å². The minimum Gasteiger partial charge on any atom is -0.392 e. The number of aliphatic hydroxyl groups is 1. The number of aryl methyl sites for hydroxylation is 1. The van der Waals surface area contributed by atoms with Crippen LogP contribution in [0.5, 0.6) is 0 Å². The molecule has 1 amide bonds. The largest absolute Gasteiger partial charge is 0.392 e. The van der Waals surface area contributed by atoms with Crippen LogP contribution < -0.4 is 5.32 Å². The molecule has 0 spiro atoms. The van der Waals surface area contributed by atoms with Crippen LogP contribution in [0.15, 0.2) is 10.6 Å². The first-order valence-electron chi connectivity index (χ1n) is 5.77. The van der Waals surface area contributed by atoms with Gasteiger partial charge in [0.05, 0.1) is 6.10 Å². The van der Waals surface area contributed by atoms with E-state index in [-0.39, 0.29) is 12.0 Å². The van der Waals surface area contributed by atoms with Gasteiger partial charge in [0.25, 0.3) is 0 Å². The molecule has 0 unspecified atom stereocenters. The summed E-state index contributed by atoms with van der Waals surface area (Å²) in [6, 6.07) is 1.68. The van der Waals surface area contributed by atoms with E-state index in [1.165, 1.54) is 0 Å². The lowest BCUT2D eigenvalue weighted by molar-refractivity contribution is -0.116. The summed E-state index contributed by atoms with van der Waals surface area (Å²) in [7, 11) is 0. The Morgan fingerprint density at radius 2 is 2.59 bits per heavy atom. The van der Waals surface area contributed by atoms with Gasteiger partial charge in [0.1, 0.15) is 5.76 Å². The van der Waals surface area contributed by atoms with Crippen LogP contribution in [0.3, 0.4) is 0 Å². The zero-order valence-corrected chi connectivity index (χ0v) is 9.85. The first kappa shape index (κ1) is 12.1. The lowest BCUT2D eigenvalue weighted by Gasteiger charge is -2.13. The van der Waals surface area contributed by atoms with E-state index in [0.717, 1.165) is 13.0 Å². The molecule has 1 aliphatic rings. The number of anilines is 1. The summed E-state index contributed by atoms with van der Waals surface area (Å²) in [4.78, 5) is 13.7. The highest BCUT2D eigenvalue weighted by Crippen LogP contribution is 2.10. The predicted molar refractivity (Wildman–Crippen MR) is 61.6 cm³/mol. The molecule has 94 valence electrons. The molecule has 2 N–H and O–H groups in total. The molecular weight excluding hydrogens is 222 g/mol. The van der Waals surface area contributed by atoms with Gasteiger partial charge in [0, 0.05) is 32.1 Å². The average molecular weight is 239 g/mol. The lowest BCUT2D eigenvalue weighted by Crippen LogP contribution is -2.26. The van der Waals surface area contributed by atoms with Crippen molar-refractivity contribution < 1.29 is 14.4 Å². The summed E-state index contributed by atoms with van der Waals surface area (Å²) in [5.41, 5.74) is 0. The predicted octanol–water partition coefficient (Wildman–Crippen LogP) is 0.378. The maximum Gasteiger partial charge on any atom is 0.226 e. The van der Waals surface area contributed by atoms with Crippen LogP contribution in [0, 0.1) is 6.92 Å². The van der Waals surface area contributed by atoms with Crippen molar-refractivity contribution in [2.24, 2.45) is 0 Å². The van der Waals surface area contributed by atoms with Gasteiger partial charge in [0.2, 0.25) is 5.91 Å². The summed E-state index contributed by atoms with van der Waals surface area (Å²) in [5.74, 6) is 1.04. The molecule has 1 aromatic rings. The standard InChI is InChI=1S/C11H17N3O3/c1-8-6-10(13-17-8)12-11(16)3-5-14-4-2-9(15)7-14/h6,9,15H,2-5,7H2,1H3,(H,12,13,16)/t9-/m0/s1. The van der Waals surface area contributed by atoms with Crippen LogP contribution in [0.2, 0.25) is 0 Å². The third-order valence-corrected chi connectivity index (χ3v) is 2.80. The summed E-state index contributed by atoms with van der Waals surface area (Å²) in [6.07, 6.45) is 0.958. The Kier molecular flexibility index (Phi) is 3.75. The van der Waals surface area contributed by atoms with Crippen molar-refractivity contribution in [3.63, 3.8) is 0 Å². The van der Waals surface area contributed by atoms with Crippen molar-refractivity contribution in [3.8, 4) is 0 Å². The number of aliphatic hydroxyl groups excluding tert-OH is 1. The maximum atomic E-state index is 11.6. The second-order valence-corrected chi connectivity index (χ2v) is 4.36. The maximum absolute atomic E-state index is 11.6. The van der Waals surface area contributed by atoms with Crippen LogP contribution in [-0.4, -0.2) is 46.8 Å². The van der Waals surface area contributed by atoms with Crippen molar-refractivity contribution in [3.05, 3.63) is 11.8 Å². The Labute approximate surface area is 99.6 Å². The van der Waals surface area contributed by atoms with Gasteiger partial charge in [0.15, 0.2) is 5.82 Å². The van der Waals surface area contributed by atoms with Gasteiger partial charge in [-0.15, -0.1) is 0 Å². The van der Waals surface area contributed by atoms with E-state index in [4.69, 9.17) is 4.52 Å². The summed E-state index contributed by atoms with van der Waals surface area (Å²) in [6.45, 7) is 3.96. The second kappa shape index (κ2) is 5.29. The fraction of sp³-hybridized carbons (Fsp3) is 0.636. The van der Waals surface area contributed by atoms with E-state index >= 15 is 0 Å². The van der Waals surface area contributed by atoms with Gasteiger partial charge < -0.3 is 19.8 Å². The van der Waals surface area contributed by atoms with Gasteiger partial charge in [-0.05, 0) is 13.3 Å². The molecule has 0 radical (unpaired) electrons. The third-order valence-electron chi connectivity index (χ3n) is 2.80. The molecule has 1 fully saturated rings. The topological polar surface area (TPSA) is 78.6 Å². The number of carbonyl (C=O) groups is 1. The summed E-state index contributed by atoms with van der Waals surface area (Å²) >= 11 is 0. The Morgan fingerprint density at radius 3 is 3.18 bits per heavy atom. The number of aromatic nitrogens is 1. The quantitative estimate of drug-likeness (QED) is 0.794. The SMILES string of the molecule is Cc1cc(NC(=O)CCN2CC[C@H](O)C2)no1. The van der Waals surface area contributed by atoms with Gasteiger partial charge in [-0.2, -0.15) is 0 Å². The molecule has 1 saturated heterocycles. The highest BCUT2D eigenvalue weighted by Gasteiger charge is 2.20. The van der Waals surface area contributed by atoms with Crippen molar-refractivity contribution in [2.45, 2.75) is 25.9 Å². The monoisotopic (exact) mass is 239 g/mol. The fourth-order valence-corrected chi connectivity index (χ4v) is 1.91. The Balaban J connectivity index is 1.71. The van der Waals surface area contributed by atoms with Crippen LogP contribution in [0.4, 0.5) is 5.82 Å². The molecule has 0 saturated carbocycles. The summed E-state index contributed by atoms with van der Waals surface area (Å²) < 4.78 is 4.85. The molecule has 6 nitrogen and oxygen atoms in total. The number of likely N-dealkylation sites (tertiary alicyclic amines) is 1. The van der Waals surface area contributed by atoms with Crippen LogP contribution in [0.1, 0.15) is 18.6 Å². The van der Waals surface area contributed by atoms with Gasteiger partial charge >= 0.3 is 0 Å². The molecular formula is C11H17N3O3. The van der Waals surface area contributed by atoms with Crippen molar-refractivity contribution in [2.75, 3.05) is 25.0 Å². The van der Waals surface area contributed by atoms with Gasteiger partial charge in [-0.3, -0.25) is 4.79 Å². The number of nitrogens with zero attached hydrogens (tertiary/aromatic N) is 2. The molecule has 1 aromatic heterocycles. The lowest BCUT2D eigenvalue weighted by atomic mass is 10.3. The zero-order valence-electron chi connectivity index (χ0n) is 9.85. The summed E-state index contributed by atoms with van der Waals surface area (Å²) in [5, 5.41) is 15.7.